The van der Waals surface area contributed by atoms with Crippen molar-refractivity contribution in [2.45, 2.75) is 30.6 Å². The van der Waals surface area contributed by atoms with Crippen molar-refractivity contribution in [3.8, 4) is 0 Å². The van der Waals surface area contributed by atoms with E-state index in [1.807, 2.05) is 0 Å². The van der Waals surface area contributed by atoms with E-state index in [4.69, 9.17) is 11.6 Å². The Hall–Kier alpha value is -2.29. The highest BCUT2D eigenvalue weighted by Gasteiger charge is 2.24. The van der Waals surface area contributed by atoms with Gasteiger partial charge in [-0.25, -0.2) is 8.42 Å². The number of nitrogens with zero attached hydrogens (tertiary/aromatic N) is 3. The maximum Gasteiger partial charge on any atom is 0.270 e. The Morgan fingerprint density at radius 1 is 1.04 bits per heavy atom. The fourth-order valence-corrected chi connectivity index (χ4v) is 4.71. The standard InChI is InChI=1S/C19H20ClN3O4S/c20-19-10-7-17(23(24)25)13-15(19)14-21-16-5-8-18(9-6-16)28(26,27)22-11-3-1-2-4-12-22/h5-10,13-14H,1-4,11-12H2. The molecule has 0 saturated carbocycles. The minimum atomic E-state index is -3.51. The number of hydrogen-bond acceptors (Lipinski definition) is 5. The normalized spacial score (nSPS) is 16.2. The molecule has 0 N–H and O–H groups in total. The fraction of sp³-hybridized carbons (Fsp3) is 0.316. The Bertz CT molecular complexity index is 983. The third-order valence-electron chi connectivity index (χ3n) is 4.58. The summed E-state index contributed by atoms with van der Waals surface area (Å²) in [6.07, 6.45) is 5.30. The summed E-state index contributed by atoms with van der Waals surface area (Å²) in [6, 6.07) is 10.4. The highest BCUT2D eigenvalue weighted by molar-refractivity contribution is 7.89. The van der Waals surface area contributed by atoms with Gasteiger partial charge < -0.3 is 0 Å². The van der Waals surface area contributed by atoms with Gasteiger partial charge >= 0.3 is 0 Å². The van der Waals surface area contributed by atoms with Crippen molar-refractivity contribution in [2.24, 2.45) is 4.99 Å². The molecular weight excluding hydrogens is 402 g/mol. The van der Waals surface area contributed by atoms with Gasteiger partial charge in [-0.3, -0.25) is 15.1 Å². The molecule has 1 aliphatic rings. The van der Waals surface area contributed by atoms with Crippen LogP contribution >= 0.6 is 11.6 Å². The summed E-state index contributed by atoms with van der Waals surface area (Å²) >= 11 is 6.05. The molecular formula is C19H20ClN3O4S. The Balaban J connectivity index is 1.78. The molecule has 7 nitrogen and oxygen atoms in total. The average Bonchev–Trinajstić information content (AvgIpc) is 2.97. The first-order valence-corrected chi connectivity index (χ1v) is 10.8. The molecule has 1 aliphatic heterocycles. The number of hydrogen-bond donors (Lipinski definition) is 0. The molecule has 9 heteroatoms. The van der Waals surface area contributed by atoms with Crippen molar-refractivity contribution in [3.05, 3.63) is 63.2 Å². The lowest BCUT2D eigenvalue weighted by molar-refractivity contribution is -0.384. The van der Waals surface area contributed by atoms with Gasteiger partial charge in [0.2, 0.25) is 10.0 Å². The third-order valence-corrected chi connectivity index (χ3v) is 6.84. The Kier molecular flexibility index (Phi) is 6.43. The second-order valence-electron chi connectivity index (χ2n) is 6.53. The molecule has 1 fully saturated rings. The molecule has 0 unspecified atom stereocenters. The van der Waals surface area contributed by atoms with Crippen molar-refractivity contribution >= 4 is 39.2 Å². The molecule has 0 radical (unpaired) electrons. The quantitative estimate of drug-likeness (QED) is 0.401. The number of nitro groups is 1. The molecule has 1 saturated heterocycles. The molecule has 0 atom stereocenters. The Morgan fingerprint density at radius 2 is 1.68 bits per heavy atom. The number of sulfonamides is 1. The average molecular weight is 422 g/mol. The summed E-state index contributed by atoms with van der Waals surface area (Å²) in [7, 11) is -3.51. The van der Waals surface area contributed by atoms with Gasteiger partial charge in [0.05, 0.1) is 15.5 Å². The van der Waals surface area contributed by atoms with Crippen LogP contribution in [0.2, 0.25) is 5.02 Å². The largest absolute Gasteiger partial charge is 0.270 e. The fourth-order valence-electron chi connectivity index (χ4n) is 3.02. The molecule has 2 aromatic rings. The van der Waals surface area contributed by atoms with Crippen molar-refractivity contribution < 1.29 is 13.3 Å². The highest BCUT2D eigenvalue weighted by atomic mass is 35.5. The number of nitro benzene ring substituents is 1. The van der Waals surface area contributed by atoms with Gasteiger partial charge in [0.15, 0.2) is 0 Å². The zero-order valence-electron chi connectivity index (χ0n) is 15.1. The summed E-state index contributed by atoms with van der Waals surface area (Å²) in [6.45, 7) is 1.10. The van der Waals surface area contributed by atoms with E-state index >= 15 is 0 Å². The summed E-state index contributed by atoms with van der Waals surface area (Å²) in [4.78, 5) is 14.9. The van der Waals surface area contributed by atoms with Gasteiger partial charge in [-0.15, -0.1) is 0 Å². The zero-order chi connectivity index (χ0) is 20.1. The maximum atomic E-state index is 12.8. The van der Waals surface area contributed by atoms with Crippen LogP contribution in [-0.4, -0.2) is 37.0 Å². The van der Waals surface area contributed by atoms with E-state index in [-0.39, 0.29) is 10.6 Å². The molecule has 148 valence electrons. The first kappa shape index (κ1) is 20.4. The third kappa shape index (κ3) is 4.76. The minimum absolute atomic E-state index is 0.0789. The van der Waals surface area contributed by atoms with Crippen LogP contribution in [0.1, 0.15) is 31.2 Å². The lowest BCUT2D eigenvalue weighted by Crippen LogP contribution is -2.31. The van der Waals surface area contributed by atoms with E-state index in [1.165, 1.54) is 36.5 Å². The van der Waals surface area contributed by atoms with Crippen molar-refractivity contribution in [1.82, 2.24) is 4.31 Å². The van der Waals surface area contributed by atoms with E-state index < -0.39 is 14.9 Å². The summed E-state index contributed by atoms with van der Waals surface area (Å²) in [5.74, 6) is 0. The van der Waals surface area contributed by atoms with Crippen LogP contribution in [0, 0.1) is 10.1 Å². The van der Waals surface area contributed by atoms with E-state index in [9.17, 15) is 18.5 Å². The van der Waals surface area contributed by atoms with Gasteiger partial charge in [-0.05, 0) is 43.2 Å². The molecule has 0 amide bonds. The summed E-state index contributed by atoms with van der Waals surface area (Å²) < 4.78 is 27.1. The molecule has 0 bridgehead atoms. The smallest absolute Gasteiger partial charge is 0.258 e. The second-order valence-corrected chi connectivity index (χ2v) is 8.88. The first-order valence-electron chi connectivity index (χ1n) is 8.96. The lowest BCUT2D eigenvalue weighted by Gasteiger charge is -2.19. The molecule has 3 rings (SSSR count). The number of aliphatic imine (C=N–C) groups is 1. The topological polar surface area (TPSA) is 92.9 Å². The van der Waals surface area contributed by atoms with Crippen molar-refractivity contribution in [3.63, 3.8) is 0 Å². The number of non-ortho nitro benzene ring substituents is 1. The predicted octanol–water partition coefficient (Wildman–Crippen LogP) is 4.56. The van der Waals surface area contributed by atoms with Crippen LogP contribution in [0.3, 0.4) is 0 Å². The molecule has 1 heterocycles. The van der Waals surface area contributed by atoms with E-state index in [1.54, 1.807) is 16.4 Å². The van der Waals surface area contributed by atoms with Crippen LogP contribution in [-0.2, 0) is 10.0 Å². The Morgan fingerprint density at radius 3 is 2.29 bits per heavy atom. The van der Waals surface area contributed by atoms with E-state index in [0.717, 1.165) is 25.7 Å². The monoisotopic (exact) mass is 421 g/mol. The molecule has 0 aliphatic carbocycles. The molecule has 0 aromatic heterocycles. The van der Waals surface area contributed by atoms with Crippen molar-refractivity contribution in [1.29, 1.82) is 0 Å². The van der Waals surface area contributed by atoms with Crippen LogP contribution in [0.4, 0.5) is 11.4 Å². The second kappa shape index (κ2) is 8.81. The lowest BCUT2D eigenvalue weighted by atomic mass is 10.2. The summed E-state index contributed by atoms with van der Waals surface area (Å²) in [5, 5.41) is 11.2. The number of rotatable bonds is 5. The van der Waals surface area contributed by atoms with E-state index in [0.29, 0.717) is 29.4 Å². The SMILES string of the molecule is O=[N+]([O-])c1ccc(Cl)c(C=Nc2ccc(S(=O)(=O)N3CCCCCC3)cc2)c1. The van der Waals surface area contributed by atoms with Crippen LogP contribution in [0.5, 0.6) is 0 Å². The predicted molar refractivity (Wildman–Crippen MR) is 109 cm³/mol. The summed E-state index contributed by atoms with van der Waals surface area (Å²) in [5.41, 5.74) is 0.860. The zero-order valence-corrected chi connectivity index (χ0v) is 16.7. The van der Waals surface area contributed by atoms with Gasteiger partial charge in [-0.2, -0.15) is 4.31 Å². The van der Waals surface area contributed by atoms with E-state index in [2.05, 4.69) is 4.99 Å². The number of benzene rings is 2. The van der Waals surface area contributed by atoms with Gasteiger partial charge in [0.1, 0.15) is 0 Å². The van der Waals surface area contributed by atoms with Crippen LogP contribution in [0.25, 0.3) is 0 Å². The minimum Gasteiger partial charge on any atom is -0.258 e. The first-order chi connectivity index (χ1) is 13.4. The van der Waals surface area contributed by atoms with Gasteiger partial charge in [0.25, 0.3) is 5.69 Å². The number of halogens is 1. The van der Waals surface area contributed by atoms with Gasteiger partial charge in [0, 0.05) is 42.0 Å². The van der Waals surface area contributed by atoms with Crippen molar-refractivity contribution in [2.75, 3.05) is 13.1 Å². The van der Waals surface area contributed by atoms with Crippen LogP contribution < -0.4 is 0 Å². The molecule has 28 heavy (non-hydrogen) atoms. The Labute approximate surface area is 168 Å². The molecule has 0 spiro atoms. The molecule has 2 aromatic carbocycles. The van der Waals surface area contributed by atoms with Gasteiger partial charge in [-0.1, -0.05) is 24.4 Å². The maximum absolute atomic E-state index is 12.8. The highest BCUT2D eigenvalue weighted by Crippen LogP contribution is 2.24. The van der Waals surface area contributed by atoms with Crippen LogP contribution in [0.15, 0.2) is 52.4 Å².